The van der Waals surface area contributed by atoms with Crippen LogP contribution in [0.3, 0.4) is 0 Å². The van der Waals surface area contributed by atoms with Crippen molar-refractivity contribution in [3.63, 3.8) is 0 Å². The quantitative estimate of drug-likeness (QED) is 0.695. The van der Waals surface area contributed by atoms with E-state index in [0.29, 0.717) is 12.1 Å². The van der Waals surface area contributed by atoms with Gasteiger partial charge >= 0.3 is 0 Å². The van der Waals surface area contributed by atoms with Gasteiger partial charge in [-0.3, -0.25) is 14.8 Å². The molecule has 1 aromatic carbocycles. The summed E-state index contributed by atoms with van der Waals surface area (Å²) in [6, 6.07) is 18.2. The fourth-order valence-electron chi connectivity index (χ4n) is 3.72. The molecule has 0 N–H and O–H groups in total. The number of nitrogens with zero attached hydrogens (tertiary/aromatic N) is 3. The third-order valence-corrected chi connectivity index (χ3v) is 5.14. The Morgan fingerprint density at radius 1 is 1.07 bits per heavy atom. The Morgan fingerprint density at radius 3 is 2.70 bits per heavy atom. The first-order chi connectivity index (χ1) is 13.2. The summed E-state index contributed by atoms with van der Waals surface area (Å²) in [6.45, 7) is 3.61. The van der Waals surface area contributed by atoms with Crippen molar-refractivity contribution >= 4 is 5.91 Å². The van der Waals surface area contributed by atoms with E-state index in [-0.39, 0.29) is 11.8 Å². The Bertz CT molecular complexity index is 939. The van der Waals surface area contributed by atoms with Crippen LogP contribution in [-0.2, 0) is 0 Å². The highest BCUT2D eigenvalue weighted by Crippen LogP contribution is 2.28. The van der Waals surface area contributed by atoms with Crippen molar-refractivity contribution in [2.45, 2.75) is 25.7 Å². The van der Waals surface area contributed by atoms with Gasteiger partial charge in [-0.05, 0) is 50.1 Å². The van der Waals surface area contributed by atoms with Crippen molar-refractivity contribution in [2.24, 2.45) is 0 Å². The minimum Gasteiger partial charge on any atom is -0.338 e. The smallest absolute Gasteiger partial charge is 0.253 e. The Labute approximate surface area is 159 Å². The monoisotopic (exact) mass is 357 g/mol. The van der Waals surface area contributed by atoms with E-state index in [1.807, 2.05) is 4.90 Å². The maximum Gasteiger partial charge on any atom is 0.253 e. The number of carbonyl (C=O) groups is 1. The van der Waals surface area contributed by atoms with E-state index in [1.165, 1.54) is 5.56 Å². The molecule has 136 valence electrons. The second kappa shape index (κ2) is 7.70. The van der Waals surface area contributed by atoms with Gasteiger partial charge in [0.05, 0.1) is 5.69 Å². The maximum atomic E-state index is 12.8. The van der Waals surface area contributed by atoms with Crippen LogP contribution in [0, 0.1) is 6.92 Å². The average molecular weight is 357 g/mol. The molecule has 0 radical (unpaired) electrons. The number of hydrogen-bond donors (Lipinski definition) is 0. The third-order valence-electron chi connectivity index (χ3n) is 5.14. The molecule has 0 saturated carbocycles. The van der Waals surface area contributed by atoms with Gasteiger partial charge < -0.3 is 4.90 Å². The number of pyridine rings is 2. The summed E-state index contributed by atoms with van der Waals surface area (Å²) in [5, 5.41) is 0. The Kier molecular flexibility index (Phi) is 4.97. The molecule has 1 fully saturated rings. The van der Waals surface area contributed by atoms with Gasteiger partial charge in [0.15, 0.2) is 0 Å². The predicted molar refractivity (Wildman–Crippen MR) is 107 cm³/mol. The SMILES string of the molecule is Cc1cccc(-c2cccc([C@@H]3CCCN(C(=O)c4ccncc4)C3)n2)c1. The highest BCUT2D eigenvalue weighted by Gasteiger charge is 2.26. The van der Waals surface area contributed by atoms with Gasteiger partial charge in [-0.15, -0.1) is 0 Å². The van der Waals surface area contributed by atoms with Gasteiger partial charge in [-0.2, -0.15) is 0 Å². The average Bonchev–Trinajstić information content (AvgIpc) is 2.74. The lowest BCUT2D eigenvalue weighted by Gasteiger charge is -2.32. The zero-order chi connectivity index (χ0) is 18.6. The second-order valence-electron chi connectivity index (χ2n) is 7.14. The normalized spacial score (nSPS) is 16.9. The Hall–Kier alpha value is -3.01. The van der Waals surface area contributed by atoms with Crippen molar-refractivity contribution in [1.29, 1.82) is 0 Å². The summed E-state index contributed by atoms with van der Waals surface area (Å²) in [5.74, 6) is 0.353. The van der Waals surface area contributed by atoms with Crippen LogP contribution in [0.15, 0.2) is 67.0 Å². The highest BCUT2D eigenvalue weighted by atomic mass is 16.2. The van der Waals surface area contributed by atoms with Crippen LogP contribution in [0.25, 0.3) is 11.3 Å². The fourth-order valence-corrected chi connectivity index (χ4v) is 3.72. The van der Waals surface area contributed by atoms with Crippen molar-refractivity contribution in [2.75, 3.05) is 13.1 Å². The van der Waals surface area contributed by atoms with Crippen LogP contribution in [-0.4, -0.2) is 33.9 Å². The molecule has 1 aliphatic rings. The minimum absolute atomic E-state index is 0.0805. The summed E-state index contributed by atoms with van der Waals surface area (Å²) >= 11 is 0. The summed E-state index contributed by atoms with van der Waals surface area (Å²) < 4.78 is 0. The molecule has 1 aliphatic heterocycles. The van der Waals surface area contributed by atoms with Gasteiger partial charge in [0, 0.05) is 48.2 Å². The Morgan fingerprint density at radius 2 is 1.89 bits per heavy atom. The summed E-state index contributed by atoms with van der Waals surface area (Å²) in [7, 11) is 0. The lowest BCUT2D eigenvalue weighted by Crippen LogP contribution is -2.39. The first kappa shape index (κ1) is 17.4. The van der Waals surface area contributed by atoms with Crippen LogP contribution in [0.2, 0.25) is 0 Å². The van der Waals surface area contributed by atoms with E-state index in [4.69, 9.17) is 4.98 Å². The van der Waals surface area contributed by atoms with Gasteiger partial charge in [0.25, 0.3) is 5.91 Å². The Balaban J connectivity index is 1.55. The van der Waals surface area contributed by atoms with Gasteiger partial charge in [-0.1, -0.05) is 29.8 Å². The molecular formula is C23H23N3O. The standard InChI is InChI=1S/C23H23N3O/c1-17-5-2-6-19(15-17)21-8-3-9-22(25-21)20-7-4-14-26(16-20)23(27)18-10-12-24-13-11-18/h2-3,5-6,8-13,15,20H,4,7,14,16H2,1H3/t20-/m1/s1. The van der Waals surface area contributed by atoms with Gasteiger partial charge in [0.1, 0.15) is 0 Å². The number of amides is 1. The number of benzene rings is 1. The predicted octanol–water partition coefficient (Wildman–Crippen LogP) is 4.47. The minimum atomic E-state index is 0.0805. The summed E-state index contributed by atoms with van der Waals surface area (Å²) in [5.41, 5.74) is 5.13. The molecule has 4 nitrogen and oxygen atoms in total. The molecule has 3 aromatic rings. The van der Waals surface area contributed by atoms with E-state index < -0.39 is 0 Å². The molecule has 1 amide bonds. The van der Waals surface area contributed by atoms with E-state index >= 15 is 0 Å². The molecule has 1 atom stereocenters. The molecular weight excluding hydrogens is 334 g/mol. The number of aryl methyl sites for hydroxylation is 1. The maximum absolute atomic E-state index is 12.8. The van der Waals surface area contributed by atoms with E-state index in [9.17, 15) is 4.79 Å². The first-order valence-electron chi connectivity index (χ1n) is 9.44. The zero-order valence-electron chi connectivity index (χ0n) is 15.5. The summed E-state index contributed by atoms with van der Waals surface area (Å²) in [6.07, 6.45) is 5.39. The van der Waals surface area contributed by atoms with Gasteiger partial charge in [-0.25, -0.2) is 0 Å². The van der Waals surface area contributed by atoms with Crippen LogP contribution < -0.4 is 0 Å². The van der Waals surface area contributed by atoms with Crippen LogP contribution in [0.4, 0.5) is 0 Å². The van der Waals surface area contributed by atoms with Crippen LogP contribution in [0.1, 0.15) is 40.4 Å². The highest BCUT2D eigenvalue weighted by molar-refractivity contribution is 5.94. The number of rotatable bonds is 3. The largest absolute Gasteiger partial charge is 0.338 e. The van der Waals surface area contributed by atoms with Crippen LogP contribution in [0.5, 0.6) is 0 Å². The molecule has 0 unspecified atom stereocenters. The van der Waals surface area contributed by atoms with Crippen molar-refractivity contribution in [3.05, 3.63) is 83.8 Å². The molecule has 3 heterocycles. The van der Waals surface area contributed by atoms with Crippen molar-refractivity contribution < 1.29 is 4.79 Å². The second-order valence-corrected chi connectivity index (χ2v) is 7.14. The number of aromatic nitrogens is 2. The zero-order valence-corrected chi connectivity index (χ0v) is 15.5. The molecule has 4 heteroatoms. The summed E-state index contributed by atoms with van der Waals surface area (Å²) in [4.78, 5) is 23.7. The lowest BCUT2D eigenvalue weighted by molar-refractivity contribution is 0.0706. The molecule has 0 spiro atoms. The molecule has 0 bridgehead atoms. The van der Waals surface area contributed by atoms with E-state index in [0.717, 1.165) is 36.3 Å². The molecule has 27 heavy (non-hydrogen) atoms. The fraction of sp³-hybridized carbons (Fsp3) is 0.261. The number of hydrogen-bond acceptors (Lipinski definition) is 3. The lowest BCUT2D eigenvalue weighted by atomic mass is 9.93. The first-order valence-corrected chi connectivity index (χ1v) is 9.44. The molecule has 4 rings (SSSR count). The van der Waals surface area contributed by atoms with Crippen LogP contribution >= 0.6 is 0 Å². The molecule has 1 saturated heterocycles. The van der Waals surface area contributed by atoms with Gasteiger partial charge in [0.2, 0.25) is 0 Å². The topological polar surface area (TPSA) is 46.1 Å². The van der Waals surface area contributed by atoms with E-state index in [1.54, 1.807) is 24.5 Å². The van der Waals surface area contributed by atoms with Crippen molar-refractivity contribution in [3.8, 4) is 11.3 Å². The van der Waals surface area contributed by atoms with Crippen molar-refractivity contribution in [1.82, 2.24) is 14.9 Å². The number of piperidine rings is 1. The van der Waals surface area contributed by atoms with E-state index in [2.05, 4.69) is 54.4 Å². The number of carbonyl (C=O) groups excluding carboxylic acids is 1. The molecule has 0 aliphatic carbocycles. The molecule has 2 aromatic heterocycles. The third kappa shape index (κ3) is 3.90. The number of likely N-dealkylation sites (tertiary alicyclic amines) is 1.